The third-order valence-corrected chi connectivity index (χ3v) is 4.40. The van der Waals surface area contributed by atoms with Gasteiger partial charge in [-0.3, -0.25) is 14.7 Å². The lowest BCUT2D eigenvalue weighted by atomic mass is 9.90. The molecule has 1 N–H and O–H groups in total. The van der Waals surface area contributed by atoms with Gasteiger partial charge in [0.1, 0.15) is 0 Å². The van der Waals surface area contributed by atoms with Crippen LogP contribution in [0.3, 0.4) is 0 Å². The Kier molecular flexibility index (Phi) is 4.20. The zero-order valence-corrected chi connectivity index (χ0v) is 12.7. The molecule has 1 aliphatic heterocycles. The molecule has 3 rings (SSSR count). The molecule has 0 fully saturated rings. The Hall–Kier alpha value is -2.20. The average Bonchev–Trinajstić information content (AvgIpc) is 2.51. The van der Waals surface area contributed by atoms with Crippen molar-refractivity contribution >= 4 is 5.97 Å². The maximum absolute atomic E-state index is 11.3. The zero-order valence-electron chi connectivity index (χ0n) is 12.7. The summed E-state index contributed by atoms with van der Waals surface area (Å²) < 4.78 is 0. The Labute approximate surface area is 130 Å². The van der Waals surface area contributed by atoms with Gasteiger partial charge in [0.05, 0.1) is 6.42 Å². The van der Waals surface area contributed by atoms with Crippen LogP contribution in [-0.4, -0.2) is 27.5 Å². The zero-order chi connectivity index (χ0) is 15.5. The number of carbonyl (C=O) groups is 1. The lowest BCUT2D eigenvalue weighted by Gasteiger charge is -2.37. The minimum absolute atomic E-state index is 0.0602. The highest BCUT2D eigenvalue weighted by molar-refractivity contribution is 5.68. The van der Waals surface area contributed by atoms with Gasteiger partial charge >= 0.3 is 5.97 Å². The van der Waals surface area contributed by atoms with Crippen LogP contribution in [0.15, 0.2) is 42.7 Å². The molecule has 22 heavy (non-hydrogen) atoms. The van der Waals surface area contributed by atoms with Crippen molar-refractivity contribution in [2.45, 2.75) is 32.4 Å². The van der Waals surface area contributed by atoms with E-state index in [1.165, 1.54) is 11.1 Å². The van der Waals surface area contributed by atoms with Crippen molar-refractivity contribution in [3.8, 4) is 0 Å². The van der Waals surface area contributed by atoms with Crippen molar-refractivity contribution in [3.05, 3.63) is 65.0 Å². The summed E-state index contributed by atoms with van der Waals surface area (Å²) >= 11 is 0. The Balaban J connectivity index is 1.90. The van der Waals surface area contributed by atoms with Crippen LogP contribution in [0.2, 0.25) is 0 Å². The first-order chi connectivity index (χ1) is 10.6. The summed E-state index contributed by atoms with van der Waals surface area (Å²) in [6.07, 6.45) is 4.77. The van der Waals surface area contributed by atoms with Crippen LogP contribution in [-0.2, 0) is 17.8 Å². The summed E-state index contributed by atoms with van der Waals surface area (Å²) in [5, 5.41) is 9.29. The van der Waals surface area contributed by atoms with Crippen molar-refractivity contribution in [1.82, 2.24) is 9.88 Å². The first kappa shape index (κ1) is 14.7. The molecule has 1 unspecified atom stereocenters. The van der Waals surface area contributed by atoms with Gasteiger partial charge in [-0.1, -0.05) is 24.3 Å². The number of aryl methyl sites for hydroxylation is 1. The second kappa shape index (κ2) is 6.28. The number of fused-ring (bicyclic) bond motifs is 1. The van der Waals surface area contributed by atoms with Gasteiger partial charge in [-0.25, -0.2) is 0 Å². The van der Waals surface area contributed by atoms with Crippen molar-refractivity contribution < 1.29 is 9.90 Å². The summed E-state index contributed by atoms with van der Waals surface area (Å²) in [4.78, 5) is 17.7. The molecule has 0 aliphatic carbocycles. The van der Waals surface area contributed by atoms with Crippen LogP contribution in [0.25, 0.3) is 0 Å². The van der Waals surface area contributed by atoms with Gasteiger partial charge in [0.2, 0.25) is 0 Å². The van der Waals surface area contributed by atoms with Crippen LogP contribution in [0.4, 0.5) is 0 Å². The van der Waals surface area contributed by atoms with E-state index < -0.39 is 5.97 Å². The van der Waals surface area contributed by atoms with E-state index in [1.807, 2.05) is 31.3 Å². The van der Waals surface area contributed by atoms with Gasteiger partial charge in [-0.2, -0.15) is 0 Å². The fraction of sp³-hybridized carbons (Fsp3) is 0.333. The summed E-state index contributed by atoms with van der Waals surface area (Å²) in [6, 6.07) is 10.2. The normalized spacial score (nSPS) is 18.0. The number of carboxylic acid groups (broad SMARTS) is 1. The number of carboxylic acids is 1. The minimum atomic E-state index is -0.752. The third-order valence-electron chi connectivity index (χ3n) is 4.40. The molecule has 1 aromatic carbocycles. The van der Waals surface area contributed by atoms with Gasteiger partial charge in [-0.05, 0) is 41.7 Å². The maximum Gasteiger partial charge on any atom is 0.305 e. The first-order valence-electron chi connectivity index (χ1n) is 7.58. The molecule has 0 saturated heterocycles. The number of hydrogen-bond acceptors (Lipinski definition) is 3. The van der Waals surface area contributed by atoms with E-state index in [0.29, 0.717) is 0 Å². The van der Waals surface area contributed by atoms with E-state index in [-0.39, 0.29) is 12.5 Å². The molecule has 4 nitrogen and oxygen atoms in total. The van der Waals surface area contributed by atoms with E-state index in [9.17, 15) is 9.90 Å². The lowest BCUT2D eigenvalue weighted by molar-refractivity contribution is -0.138. The number of pyridine rings is 1. The number of rotatable bonds is 4. The third kappa shape index (κ3) is 3.02. The highest BCUT2D eigenvalue weighted by Crippen LogP contribution is 2.33. The molecular weight excluding hydrogens is 276 g/mol. The molecule has 0 spiro atoms. The monoisotopic (exact) mass is 296 g/mol. The largest absolute Gasteiger partial charge is 0.481 e. The number of nitrogens with zero attached hydrogens (tertiary/aromatic N) is 2. The Bertz CT molecular complexity index is 684. The summed E-state index contributed by atoms with van der Waals surface area (Å²) in [7, 11) is 0. The average molecular weight is 296 g/mol. The molecule has 0 bridgehead atoms. The predicted octanol–water partition coefficient (Wildman–Crippen LogP) is 2.96. The van der Waals surface area contributed by atoms with E-state index >= 15 is 0 Å². The molecule has 1 atom stereocenters. The predicted molar refractivity (Wildman–Crippen MR) is 84.5 cm³/mol. The summed E-state index contributed by atoms with van der Waals surface area (Å²) in [5.41, 5.74) is 4.79. The van der Waals surface area contributed by atoms with Crippen LogP contribution in [0.5, 0.6) is 0 Å². The molecule has 0 saturated carbocycles. The van der Waals surface area contributed by atoms with Gasteiger partial charge < -0.3 is 5.11 Å². The smallest absolute Gasteiger partial charge is 0.305 e. The fourth-order valence-electron chi connectivity index (χ4n) is 3.20. The molecule has 0 radical (unpaired) electrons. The molecule has 0 amide bonds. The second-order valence-electron chi connectivity index (χ2n) is 5.84. The number of hydrogen-bond donors (Lipinski definition) is 1. The molecule has 2 aromatic rings. The number of benzene rings is 1. The summed E-state index contributed by atoms with van der Waals surface area (Å²) in [6.45, 7) is 3.70. The van der Waals surface area contributed by atoms with Crippen molar-refractivity contribution in [1.29, 1.82) is 0 Å². The topological polar surface area (TPSA) is 53.4 Å². The van der Waals surface area contributed by atoms with Crippen LogP contribution in [0, 0.1) is 6.92 Å². The van der Waals surface area contributed by atoms with Gasteiger partial charge in [-0.15, -0.1) is 0 Å². The fourth-order valence-corrected chi connectivity index (χ4v) is 3.20. The second-order valence-corrected chi connectivity index (χ2v) is 5.84. The van der Waals surface area contributed by atoms with E-state index in [0.717, 1.165) is 30.6 Å². The summed E-state index contributed by atoms with van der Waals surface area (Å²) in [5.74, 6) is -0.752. The standard InChI is InChI=1S/C18H20N2O2/c1-13-11-19-8-6-15(13)12-20-9-7-14-4-2-3-5-16(14)17(20)10-18(21)22/h2-6,8,11,17H,7,9-10,12H2,1H3,(H,21,22). The van der Waals surface area contributed by atoms with Crippen LogP contribution >= 0.6 is 0 Å². The first-order valence-corrected chi connectivity index (χ1v) is 7.58. The van der Waals surface area contributed by atoms with Crippen molar-refractivity contribution in [2.24, 2.45) is 0 Å². The molecule has 114 valence electrons. The van der Waals surface area contributed by atoms with E-state index in [2.05, 4.69) is 22.0 Å². The van der Waals surface area contributed by atoms with E-state index in [1.54, 1.807) is 6.20 Å². The van der Waals surface area contributed by atoms with E-state index in [4.69, 9.17) is 0 Å². The molecule has 1 aliphatic rings. The molecular formula is C18H20N2O2. The Morgan fingerprint density at radius 3 is 2.95 bits per heavy atom. The van der Waals surface area contributed by atoms with Gasteiger partial charge in [0, 0.05) is 31.5 Å². The lowest BCUT2D eigenvalue weighted by Crippen LogP contribution is -2.36. The Morgan fingerprint density at radius 2 is 2.18 bits per heavy atom. The van der Waals surface area contributed by atoms with Gasteiger partial charge in [0.25, 0.3) is 0 Å². The van der Waals surface area contributed by atoms with Crippen LogP contribution in [0.1, 0.15) is 34.7 Å². The molecule has 1 aromatic heterocycles. The molecule has 2 heterocycles. The SMILES string of the molecule is Cc1cnccc1CN1CCc2ccccc2C1CC(=O)O. The number of aliphatic carboxylic acids is 1. The van der Waals surface area contributed by atoms with Crippen molar-refractivity contribution in [3.63, 3.8) is 0 Å². The highest BCUT2D eigenvalue weighted by Gasteiger charge is 2.29. The quantitative estimate of drug-likeness (QED) is 0.942. The maximum atomic E-state index is 11.3. The Morgan fingerprint density at radius 1 is 1.36 bits per heavy atom. The van der Waals surface area contributed by atoms with Crippen molar-refractivity contribution in [2.75, 3.05) is 6.54 Å². The molecule has 4 heteroatoms. The highest BCUT2D eigenvalue weighted by atomic mass is 16.4. The minimum Gasteiger partial charge on any atom is -0.481 e. The number of aromatic nitrogens is 1. The van der Waals surface area contributed by atoms with Gasteiger partial charge in [0.15, 0.2) is 0 Å². The van der Waals surface area contributed by atoms with Crippen LogP contribution < -0.4 is 0 Å².